The molecule has 122 valence electrons. The molecule has 2 rings (SSSR count). The van der Waals surface area contributed by atoms with Crippen LogP contribution >= 0.6 is 0 Å². The second kappa shape index (κ2) is 4.82. The van der Waals surface area contributed by atoms with Crippen molar-refractivity contribution in [1.82, 2.24) is 4.57 Å². The number of rotatable bonds is 2. The minimum absolute atomic E-state index is 0.0276. The molecule has 0 radical (unpaired) electrons. The molecule has 2 fully saturated rings. The minimum Gasteiger partial charge on any atom is -0.459 e. The largest absolute Gasteiger partial charge is 0.459 e. The van der Waals surface area contributed by atoms with E-state index in [1.165, 1.54) is 0 Å². The van der Waals surface area contributed by atoms with Crippen LogP contribution in [0.25, 0.3) is 0 Å². The molecule has 3 nitrogen and oxygen atoms in total. The lowest BCUT2D eigenvalue weighted by Gasteiger charge is -2.50. The summed E-state index contributed by atoms with van der Waals surface area (Å²) in [5.74, 6) is 0.0276. The summed E-state index contributed by atoms with van der Waals surface area (Å²) < 4.78 is 8.47. The topological polar surface area (TPSA) is 29.5 Å². The number of fused-ring (bicyclic) bond motifs is 2. The third kappa shape index (κ3) is 2.70. The predicted octanol–water partition coefficient (Wildman–Crippen LogP) is 4.33. The van der Waals surface area contributed by atoms with Crippen molar-refractivity contribution >= 4 is 14.2 Å². The molecule has 2 bridgehead atoms. The maximum Gasteiger partial charge on any atom is 0.326 e. The van der Waals surface area contributed by atoms with Gasteiger partial charge in [0, 0.05) is 6.04 Å². The predicted molar refractivity (Wildman–Crippen MR) is 89.9 cm³/mol. The SMILES string of the molecule is CC(C)(C)OC(=O)C12CCC(CC1)N2[Si](C)(C)C(C)(C)C. The average molecular weight is 312 g/mol. The van der Waals surface area contributed by atoms with Crippen LogP contribution in [0.4, 0.5) is 0 Å². The Kier molecular flexibility index (Phi) is 3.90. The molecule has 4 heteroatoms. The van der Waals surface area contributed by atoms with Crippen LogP contribution in [0.5, 0.6) is 0 Å². The summed E-state index contributed by atoms with van der Waals surface area (Å²) in [6.45, 7) is 17.8. The lowest BCUT2D eigenvalue weighted by molar-refractivity contribution is -0.165. The first-order valence-corrected chi connectivity index (χ1v) is 11.3. The smallest absolute Gasteiger partial charge is 0.326 e. The molecule has 0 saturated carbocycles. The van der Waals surface area contributed by atoms with E-state index in [-0.39, 0.29) is 16.5 Å². The van der Waals surface area contributed by atoms with Crippen molar-refractivity contribution in [1.29, 1.82) is 0 Å². The van der Waals surface area contributed by atoms with Gasteiger partial charge in [0.2, 0.25) is 0 Å². The van der Waals surface area contributed by atoms with Crippen LogP contribution in [0.3, 0.4) is 0 Å². The number of carbonyl (C=O) groups excluding carboxylic acids is 1. The molecule has 0 atom stereocenters. The zero-order valence-electron chi connectivity index (χ0n) is 15.2. The van der Waals surface area contributed by atoms with Gasteiger partial charge in [-0.25, -0.2) is 0 Å². The van der Waals surface area contributed by atoms with Crippen LogP contribution in [0.15, 0.2) is 0 Å². The summed E-state index contributed by atoms with van der Waals surface area (Å²) >= 11 is 0. The molecule has 0 aromatic rings. The summed E-state index contributed by atoms with van der Waals surface area (Å²) in [7, 11) is -1.71. The standard InChI is InChI=1S/C17H33NO2Si/c1-15(2,3)20-14(19)17-11-9-13(10-12-17)18(17)21(7,8)16(4,5)6/h13H,9-12H2,1-8H3. The molecular formula is C17H33NO2Si. The Morgan fingerprint density at radius 2 is 1.57 bits per heavy atom. The Labute approximate surface area is 131 Å². The highest BCUT2D eigenvalue weighted by atomic mass is 28.3. The summed E-state index contributed by atoms with van der Waals surface area (Å²) in [6.07, 6.45) is 4.29. The summed E-state index contributed by atoms with van der Waals surface area (Å²) in [4.78, 5) is 13.0. The van der Waals surface area contributed by atoms with Crippen molar-refractivity contribution < 1.29 is 9.53 Å². The molecule has 0 aromatic heterocycles. The van der Waals surface area contributed by atoms with Crippen molar-refractivity contribution in [2.45, 2.75) is 103 Å². The fraction of sp³-hybridized carbons (Fsp3) is 0.941. The van der Waals surface area contributed by atoms with Crippen LogP contribution in [0.1, 0.15) is 67.2 Å². The van der Waals surface area contributed by atoms with Gasteiger partial charge in [-0.2, -0.15) is 0 Å². The Morgan fingerprint density at radius 3 is 1.95 bits per heavy atom. The number of carbonyl (C=O) groups is 1. The van der Waals surface area contributed by atoms with Gasteiger partial charge in [-0.3, -0.25) is 4.79 Å². The van der Waals surface area contributed by atoms with Gasteiger partial charge in [0.25, 0.3) is 0 Å². The molecule has 0 N–H and O–H groups in total. The third-order valence-corrected chi connectivity index (χ3v) is 11.5. The van der Waals surface area contributed by atoms with E-state index < -0.39 is 13.8 Å². The van der Waals surface area contributed by atoms with E-state index in [4.69, 9.17) is 4.74 Å². The molecule has 0 aliphatic carbocycles. The highest BCUT2D eigenvalue weighted by molar-refractivity contribution is 6.78. The highest BCUT2D eigenvalue weighted by Gasteiger charge is 2.64. The second-order valence-corrected chi connectivity index (χ2v) is 14.5. The molecule has 0 unspecified atom stereocenters. The van der Waals surface area contributed by atoms with Crippen LogP contribution in [0, 0.1) is 0 Å². The van der Waals surface area contributed by atoms with E-state index in [1.54, 1.807) is 0 Å². The average Bonchev–Trinajstić information content (AvgIpc) is 2.81. The van der Waals surface area contributed by atoms with E-state index in [1.807, 2.05) is 20.8 Å². The Balaban J connectivity index is 2.36. The van der Waals surface area contributed by atoms with E-state index in [2.05, 4.69) is 38.4 Å². The van der Waals surface area contributed by atoms with Crippen LogP contribution in [-0.2, 0) is 9.53 Å². The number of nitrogens with zero attached hydrogens (tertiary/aromatic N) is 1. The van der Waals surface area contributed by atoms with Crippen LogP contribution < -0.4 is 0 Å². The van der Waals surface area contributed by atoms with E-state index in [0.29, 0.717) is 6.04 Å². The molecule has 2 heterocycles. The zero-order chi connectivity index (χ0) is 16.3. The lowest BCUT2D eigenvalue weighted by atomic mass is 9.88. The first kappa shape index (κ1) is 17.0. The zero-order valence-corrected chi connectivity index (χ0v) is 16.2. The highest BCUT2D eigenvalue weighted by Crippen LogP contribution is 2.54. The molecular weight excluding hydrogens is 278 g/mol. The fourth-order valence-electron chi connectivity index (χ4n) is 3.96. The minimum atomic E-state index is -1.71. The maximum atomic E-state index is 13.0. The Bertz CT molecular complexity index is 423. The van der Waals surface area contributed by atoms with Gasteiger partial charge in [0.15, 0.2) is 0 Å². The molecule has 2 saturated heterocycles. The number of hydrogen-bond donors (Lipinski definition) is 0. The van der Waals surface area contributed by atoms with Gasteiger partial charge in [-0.05, 0) is 51.5 Å². The van der Waals surface area contributed by atoms with Crippen molar-refractivity contribution in [2.24, 2.45) is 0 Å². The van der Waals surface area contributed by atoms with Gasteiger partial charge in [0.1, 0.15) is 19.4 Å². The summed E-state index contributed by atoms with van der Waals surface area (Å²) in [6, 6.07) is 0.596. The number of ether oxygens (including phenoxy) is 1. The molecule has 0 aromatic carbocycles. The van der Waals surface area contributed by atoms with E-state index in [9.17, 15) is 4.79 Å². The lowest BCUT2D eigenvalue weighted by Crippen LogP contribution is -2.64. The first-order chi connectivity index (χ1) is 9.31. The van der Waals surface area contributed by atoms with Gasteiger partial charge >= 0.3 is 5.97 Å². The van der Waals surface area contributed by atoms with Gasteiger partial charge in [-0.15, -0.1) is 0 Å². The van der Waals surface area contributed by atoms with Crippen molar-refractivity contribution in [3.05, 3.63) is 0 Å². The van der Waals surface area contributed by atoms with Gasteiger partial charge < -0.3 is 9.30 Å². The Morgan fingerprint density at radius 1 is 1.10 bits per heavy atom. The first-order valence-electron chi connectivity index (χ1n) is 8.34. The molecule has 0 spiro atoms. The van der Waals surface area contributed by atoms with Crippen LogP contribution in [0.2, 0.25) is 18.1 Å². The molecule has 0 amide bonds. The number of hydrogen-bond acceptors (Lipinski definition) is 3. The molecule has 21 heavy (non-hydrogen) atoms. The third-order valence-electron chi connectivity index (χ3n) is 5.83. The summed E-state index contributed by atoms with van der Waals surface area (Å²) in [5.41, 5.74) is -0.730. The second-order valence-electron chi connectivity index (χ2n) is 9.44. The molecule has 2 aliphatic rings. The van der Waals surface area contributed by atoms with Crippen LogP contribution in [-0.4, -0.2) is 36.0 Å². The van der Waals surface area contributed by atoms with Gasteiger partial charge in [-0.1, -0.05) is 33.9 Å². The number of esters is 1. The fourth-order valence-corrected chi connectivity index (χ4v) is 7.24. The Hall–Kier alpha value is -0.353. The summed E-state index contributed by atoms with van der Waals surface area (Å²) in [5, 5.41) is 0.257. The van der Waals surface area contributed by atoms with Crippen molar-refractivity contribution in [3.63, 3.8) is 0 Å². The molecule has 2 aliphatic heterocycles. The van der Waals surface area contributed by atoms with Crippen molar-refractivity contribution in [3.8, 4) is 0 Å². The maximum absolute atomic E-state index is 13.0. The van der Waals surface area contributed by atoms with E-state index >= 15 is 0 Å². The van der Waals surface area contributed by atoms with Crippen molar-refractivity contribution in [2.75, 3.05) is 0 Å². The monoisotopic (exact) mass is 311 g/mol. The normalized spacial score (nSPS) is 30.8. The van der Waals surface area contributed by atoms with Gasteiger partial charge in [0.05, 0.1) is 0 Å². The van der Waals surface area contributed by atoms with E-state index in [0.717, 1.165) is 25.7 Å². The quantitative estimate of drug-likeness (QED) is 0.561.